The van der Waals surface area contributed by atoms with Crippen LogP contribution >= 0.6 is 0 Å². The first-order valence-corrected chi connectivity index (χ1v) is 8.64. The molecule has 6 heteroatoms. The number of hydrogen-bond acceptors (Lipinski definition) is 3. The van der Waals surface area contributed by atoms with Gasteiger partial charge >= 0.3 is 6.03 Å². The number of benzene rings is 1. The van der Waals surface area contributed by atoms with E-state index in [1.165, 1.54) is 0 Å². The Morgan fingerprint density at radius 1 is 1.08 bits per heavy atom. The van der Waals surface area contributed by atoms with Crippen molar-refractivity contribution in [3.8, 4) is 0 Å². The molecule has 0 aliphatic carbocycles. The van der Waals surface area contributed by atoms with Crippen molar-refractivity contribution in [1.29, 1.82) is 0 Å². The van der Waals surface area contributed by atoms with E-state index in [2.05, 4.69) is 5.32 Å². The lowest BCUT2D eigenvalue weighted by Crippen LogP contribution is -2.53. The fraction of sp³-hybridized carbons (Fsp3) is 0.556. The van der Waals surface area contributed by atoms with Gasteiger partial charge in [0.15, 0.2) is 0 Å². The van der Waals surface area contributed by atoms with Crippen molar-refractivity contribution >= 4 is 11.9 Å². The molecule has 24 heavy (non-hydrogen) atoms. The van der Waals surface area contributed by atoms with Gasteiger partial charge < -0.3 is 19.9 Å². The summed E-state index contributed by atoms with van der Waals surface area (Å²) >= 11 is 0. The fourth-order valence-electron chi connectivity index (χ4n) is 2.75. The normalized spacial score (nSPS) is 15.9. The summed E-state index contributed by atoms with van der Waals surface area (Å²) in [6, 6.07) is 9.17. The highest BCUT2D eigenvalue weighted by Gasteiger charge is 2.24. The van der Waals surface area contributed by atoms with Crippen LogP contribution in [-0.4, -0.2) is 67.2 Å². The maximum Gasteiger partial charge on any atom is 0.317 e. The van der Waals surface area contributed by atoms with E-state index in [0.29, 0.717) is 44.9 Å². The second kappa shape index (κ2) is 9.27. The highest BCUT2D eigenvalue weighted by molar-refractivity contribution is 5.94. The minimum atomic E-state index is -0.0834. The number of carbonyl (C=O) groups excluding carboxylic acids is 2. The topological polar surface area (TPSA) is 61.9 Å². The molecule has 0 radical (unpaired) electrons. The van der Waals surface area contributed by atoms with Crippen molar-refractivity contribution in [2.45, 2.75) is 26.4 Å². The Labute approximate surface area is 143 Å². The lowest BCUT2D eigenvalue weighted by Gasteiger charge is -2.35. The third kappa shape index (κ3) is 4.96. The maximum atomic E-state index is 12.4. The molecule has 1 aromatic rings. The van der Waals surface area contributed by atoms with Crippen molar-refractivity contribution in [3.63, 3.8) is 0 Å². The number of ether oxygens (including phenoxy) is 1. The number of amides is 3. The third-order valence-corrected chi connectivity index (χ3v) is 4.21. The van der Waals surface area contributed by atoms with Gasteiger partial charge in [-0.3, -0.25) is 4.79 Å². The Hall–Kier alpha value is -2.08. The van der Waals surface area contributed by atoms with Crippen LogP contribution in [0.25, 0.3) is 0 Å². The Morgan fingerprint density at radius 3 is 2.29 bits per heavy atom. The van der Waals surface area contributed by atoms with Crippen LogP contribution in [0.3, 0.4) is 0 Å². The molecule has 1 aliphatic rings. The van der Waals surface area contributed by atoms with Gasteiger partial charge in [-0.15, -0.1) is 0 Å². The molecule has 1 saturated heterocycles. The van der Waals surface area contributed by atoms with Gasteiger partial charge in [0, 0.05) is 44.9 Å². The molecule has 1 heterocycles. The quantitative estimate of drug-likeness (QED) is 0.866. The smallest absolute Gasteiger partial charge is 0.317 e. The molecule has 6 nitrogen and oxygen atoms in total. The molecule has 1 fully saturated rings. The summed E-state index contributed by atoms with van der Waals surface area (Å²) < 4.78 is 5.54. The number of piperazine rings is 1. The summed E-state index contributed by atoms with van der Waals surface area (Å²) in [5.41, 5.74) is 0.693. The molecular formula is C18H27N3O3. The van der Waals surface area contributed by atoms with E-state index < -0.39 is 0 Å². The molecule has 2 rings (SSSR count). The van der Waals surface area contributed by atoms with E-state index in [9.17, 15) is 9.59 Å². The summed E-state index contributed by atoms with van der Waals surface area (Å²) in [6.07, 6.45) is 0.924. The number of nitrogens with zero attached hydrogens (tertiary/aromatic N) is 2. The monoisotopic (exact) mass is 333 g/mol. The van der Waals surface area contributed by atoms with Gasteiger partial charge in [0.2, 0.25) is 0 Å². The zero-order chi connectivity index (χ0) is 17.4. The first kappa shape index (κ1) is 18.3. The van der Waals surface area contributed by atoms with Crippen LogP contribution in [0.15, 0.2) is 30.3 Å². The van der Waals surface area contributed by atoms with E-state index in [0.717, 1.165) is 6.42 Å². The molecule has 0 aromatic heterocycles. The van der Waals surface area contributed by atoms with E-state index in [1.54, 1.807) is 9.80 Å². The maximum absolute atomic E-state index is 12.4. The average Bonchev–Trinajstić information content (AvgIpc) is 2.65. The van der Waals surface area contributed by atoms with Crippen molar-refractivity contribution in [1.82, 2.24) is 15.1 Å². The van der Waals surface area contributed by atoms with Crippen LogP contribution in [0.4, 0.5) is 4.79 Å². The molecule has 1 atom stereocenters. The third-order valence-electron chi connectivity index (χ3n) is 4.21. The number of carbonyl (C=O) groups is 2. The highest BCUT2D eigenvalue weighted by Crippen LogP contribution is 2.09. The molecular weight excluding hydrogens is 306 g/mol. The molecule has 1 aliphatic heterocycles. The number of nitrogens with one attached hydrogen (secondary N) is 1. The van der Waals surface area contributed by atoms with Crippen molar-refractivity contribution in [3.05, 3.63) is 35.9 Å². The van der Waals surface area contributed by atoms with Gasteiger partial charge in [0.25, 0.3) is 5.91 Å². The minimum absolute atomic E-state index is 0.0260. The van der Waals surface area contributed by atoms with Crippen LogP contribution in [0.5, 0.6) is 0 Å². The second-order valence-electron chi connectivity index (χ2n) is 5.82. The first-order chi connectivity index (χ1) is 11.7. The Bertz CT molecular complexity index is 528. The molecule has 132 valence electrons. The van der Waals surface area contributed by atoms with Gasteiger partial charge in [0.1, 0.15) is 0 Å². The van der Waals surface area contributed by atoms with Crippen LogP contribution < -0.4 is 5.32 Å². The van der Waals surface area contributed by atoms with Crippen LogP contribution in [0.1, 0.15) is 30.6 Å². The van der Waals surface area contributed by atoms with Gasteiger partial charge in [-0.1, -0.05) is 25.1 Å². The Balaban J connectivity index is 1.77. The van der Waals surface area contributed by atoms with Gasteiger partial charge in [0.05, 0.1) is 6.10 Å². The largest absolute Gasteiger partial charge is 0.377 e. The van der Waals surface area contributed by atoms with E-state index in [1.807, 2.05) is 44.2 Å². The van der Waals surface area contributed by atoms with E-state index in [4.69, 9.17) is 4.74 Å². The Morgan fingerprint density at radius 2 is 1.71 bits per heavy atom. The molecule has 1 N–H and O–H groups in total. The predicted molar refractivity (Wildman–Crippen MR) is 93.0 cm³/mol. The van der Waals surface area contributed by atoms with Crippen LogP contribution in [0, 0.1) is 0 Å². The Kier molecular flexibility index (Phi) is 7.06. The average molecular weight is 333 g/mol. The molecule has 3 amide bonds. The molecule has 0 spiro atoms. The van der Waals surface area contributed by atoms with E-state index >= 15 is 0 Å². The predicted octanol–water partition coefficient (Wildman–Crippen LogP) is 1.97. The number of hydrogen-bond donors (Lipinski definition) is 1. The van der Waals surface area contributed by atoms with Gasteiger partial charge in [-0.05, 0) is 25.5 Å². The van der Waals surface area contributed by atoms with Crippen LogP contribution in [-0.2, 0) is 4.74 Å². The van der Waals surface area contributed by atoms with E-state index in [-0.39, 0.29) is 18.0 Å². The summed E-state index contributed by atoms with van der Waals surface area (Å²) in [4.78, 5) is 28.2. The lowest BCUT2D eigenvalue weighted by molar-refractivity contribution is 0.0578. The van der Waals surface area contributed by atoms with Crippen molar-refractivity contribution < 1.29 is 14.3 Å². The lowest BCUT2D eigenvalue weighted by atomic mass is 10.2. The standard InChI is InChI=1S/C18H27N3O3/c1-3-16(24-4-2)14-19-18(23)21-12-10-20(11-13-21)17(22)15-8-6-5-7-9-15/h5-9,16H,3-4,10-14H2,1-2H3,(H,19,23)/t16-/m0/s1. The first-order valence-electron chi connectivity index (χ1n) is 8.64. The molecule has 0 bridgehead atoms. The SMILES string of the molecule is CCO[C@@H](CC)CNC(=O)N1CCN(C(=O)c2ccccc2)CC1. The highest BCUT2D eigenvalue weighted by atomic mass is 16.5. The second-order valence-corrected chi connectivity index (χ2v) is 5.82. The summed E-state index contributed by atoms with van der Waals surface area (Å²) in [6.45, 7) is 7.38. The zero-order valence-corrected chi connectivity index (χ0v) is 14.5. The zero-order valence-electron chi connectivity index (χ0n) is 14.5. The number of urea groups is 1. The fourth-order valence-corrected chi connectivity index (χ4v) is 2.75. The summed E-state index contributed by atoms with van der Waals surface area (Å²) in [5.74, 6) is 0.0260. The molecule has 0 saturated carbocycles. The van der Waals surface area contributed by atoms with Gasteiger partial charge in [-0.25, -0.2) is 4.79 Å². The minimum Gasteiger partial charge on any atom is -0.377 e. The van der Waals surface area contributed by atoms with Crippen LogP contribution in [0.2, 0.25) is 0 Å². The van der Waals surface area contributed by atoms with Gasteiger partial charge in [-0.2, -0.15) is 0 Å². The number of rotatable bonds is 6. The summed E-state index contributed by atoms with van der Waals surface area (Å²) in [7, 11) is 0. The van der Waals surface area contributed by atoms with Crippen molar-refractivity contribution in [2.24, 2.45) is 0 Å². The summed E-state index contributed by atoms with van der Waals surface area (Å²) in [5, 5.41) is 2.92. The molecule has 0 unspecified atom stereocenters. The molecule has 1 aromatic carbocycles. The van der Waals surface area contributed by atoms with Crippen molar-refractivity contribution in [2.75, 3.05) is 39.3 Å².